The van der Waals surface area contributed by atoms with Gasteiger partial charge in [-0.2, -0.15) is 0 Å². The van der Waals surface area contributed by atoms with E-state index in [-0.39, 0.29) is 38.1 Å². The number of nitrogens with zero attached hydrogens (tertiary/aromatic N) is 2. The molecule has 1 amide bonds. The third-order valence-corrected chi connectivity index (χ3v) is 9.12. The molecule has 0 atom stereocenters. The van der Waals surface area contributed by atoms with E-state index in [1.54, 1.807) is 15.5 Å². The molecule has 3 aromatic rings. The average molecular weight is 567 g/mol. The first-order valence-corrected chi connectivity index (χ1v) is 14.9. The summed E-state index contributed by atoms with van der Waals surface area (Å²) in [6.07, 6.45) is 6.51. The van der Waals surface area contributed by atoms with Crippen molar-refractivity contribution < 1.29 is 28.2 Å². The molecule has 1 aromatic heterocycles. The highest BCUT2D eigenvalue weighted by Gasteiger charge is 2.44. The van der Waals surface area contributed by atoms with Crippen LogP contribution in [0.15, 0.2) is 42.5 Å². The van der Waals surface area contributed by atoms with Crippen molar-refractivity contribution in [3.05, 3.63) is 70.9 Å². The van der Waals surface area contributed by atoms with Gasteiger partial charge >= 0.3 is 12.0 Å². The zero-order valence-corrected chi connectivity index (χ0v) is 24.2. The molecule has 1 aliphatic carbocycles. The zero-order valence-electron chi connectivity index (χ0n) is 24.2. The Morgan fingerprint density at radius 1 is 1.00 bits per heavy atom. The van der Waals surface area contributed by atoms with Crippen LogP contribution in [0.2, 0.25) is 0 Å². The minimum Gasteiger partial charge on any atom is -0.481 e. The highest BCUT2D eigenvalue weighted by Crippen LogP contribution is 2.38. The molecule has 2 aliphatic rings. The summed E-state index contributed by atoms with van der Waals surface area (Å²) in [5, 5.41) is 11.1. The van der Waals surface area contributed by atoms with Crippen molar-refractivity contribution in [3.8, 4) is 0 Å². The molecule has 1 aliphatic heterocycles. The van der Waals surface area contributed by atoms with Crippen molar-refractivity contribution >= 4 is 22.9 Å². The number of hydrogen-bond acceptors (Lipinski definition) is 3. The molecular weight excluding hydrogens is 526 g/mol. The monoisotopic (exact) mass is 566 g/mol. The van der Waals surface area contributed by atoms with Crippen LogP contribution in [-0.4, -0.2) is 51.9 Å². The van der Waals surface area contributed by atoms with Gasteiger partial charge in [0.25, 0.3) is 0 Å². The topological polar surface area (TPSA) is 71.8 Å². The molecule has 2 fully saturated rings. The molecule has 2 aromatic carbocycles. The lowest BCUT2D eigenvalue weighted by molar-refractivity contribution is -0.145. The Labute approximate surface area is 240 Å². The number of halogens is 2. The lowest BCUT2D eigenvalue weighted by atomic mass is 9.73. The Balaban J connectivity index is 1.41. The molecule has 0 bridgehead atoms. The zero-order chi connectivity index (χ0) is 29.3. The van der Waals surface area contributed by atoms with Crippen molar-refractivity contribution in [2.45, 2.75) is 89.8 Å². The van der Waals surface area contributed by atoms with E-state index < -0.39 is 23.0 Å². The lowest BCUT2D eigenvalue weighted by Crippen LogP contribution is -2.50. The molecule has 6 nitrogen and oxygen atoms in total. The van der Waals surface area contributed by atoms with E-state index in [4.69, 9.17) is 4.74 Å². The SMILES string of the molecule is CCc1c(CC2CCC(OC(C)C)CC2)c2ccc(F)cc2n1C(=O)N1CCC(C(=O)O)(c2ccc(F)cc2)CC1. The van der Waals surface area contributed by atoms with E-state index in [1.165, 1.54) is 36.4 Å². The second-order valence-electron chi connectivity index (χ2n) is 12.0. The number of amides is 1. The molecule has 1 saturated carbocycles. The lowest BCUT2D eigenvalue weighted by Gasteiger charge is -2.39. The second kappa shape index (κ2) is 11.9. The van der Waals surface area contributed by atoms with Crippen LogP contribution in [0.5, 0.6) is 0 Å². The van der Waals surface area contributed by atoms with Gasteiger partial charge in [0.1, 0.15) is 11.6 Å². The fraction of sp³-hybridized carbons (Fsp3) is 0.515. The third kappa shape index (κ3) is 5.76. The summed E-state index contributed by atoms with van der Waals surface area (Å²) in [4.78, 5) is 28.2. The van der Waals surface area contributed by atoms with Crippen molar-refractivity contribution in [2.24, 2.45) is 5.92 Å². The first kappa shape index (κ1) is 29.2. The van der Waals surface area contributed by atoms with Gasteiger partial charge in [-0.25, -0.2) is 13.6 Å². The quantitative estimate of drug-likeness (QED) is 0.331. The summed E-state index contributed by atoms with van der Waals surface area (Å²) in [5.41, 5.74) is 1.91. The van der Waals surface area contributed by atoms with Crippen LogP contribution in [0.4, 0.5) is 13.6 Å². The Bertz CT molecular complexity index is 1400. The summed E-state index contributed by atoms with van der Waals surface area (Å²) in [5.74, 6) is -1.33. The largest absolute Gasteiger partial charge is 0.481 e. The van der Waals surface area contributed by atoms with Crippen LogP contribution in [0.25, 0.3) is 10.9 Å². The number of carboxylic acids is 1. The summed E-state index contributed by atoms with van der Waals surface area (Å²) in [6, 6.07) is 10.0. The number of rotatable bonds is 7. The van der Waals surface area contributed by atoms with Crippen molar-refractivity contribution in [3.63, 3.8) is 0 Å². The number of fused-ring (bicyclic) bond motifs is 1. The molecule has 8 heteroatoms. The predicted octanol–water partition coefficient (Wildman–Crippen LogP) is 7.09. The van der Waals surface area contributed by atoms with Crippen molar-refractivity contribution in [1.82, 2.24) is 9.47 Å². The second-order valence-corrected chi connectivity index (χ2v) is 12.0. The van der Waals surface area contributed by atoms with Gasteiger partial charge in [0.15, 0.2) is 0 Å². The number of benzene rings is 2. The molecular formula is C33H40F2N2O4. The third-order valence-electron chi connectivity index (χ3n) is 9.12. The van der Waals surface area contributed by atoms with Crippen LogP contribution in [0, 0.1) is 17.6 Å². The van der Waals surface area contributed by atoms with Crippen molar-refractivity contribution in [1.29, 1.82) is 0 Å². The number of carboxylic acid groups (broad SMARTS) is 1. The minimum absolute atomic E-state index is 0.212. The molecule has 5 rings (SSSR count). The summed E-state index contributed by atoms with van der Waals surface area (Å²) < 4.78 is 35.8. The van der Waals surface area contributed by atoms with E-state index in [2.05, 4.69) is 13.8 Å². The number of carbonyl (C=O) groups excluding carboxylic acids is 1. The van der Waals surface area contributed by atoms with Gasteiger partial charge in [0.05, 0.1) is 23.1 Å². The molecule has 0 unspecified atom stereocenters. The Morgan fingerprint density at radius 2 is 1.63 bits per heavy atom. The van der Waals surface area contributed by atoms with Crippen LogP contribution in [0.1, 0.15) is 76.1 Å². The molecule has 2 heterocycles. The first-order chi connectivity index (χ1) is 19.6. The number of ether oxygens (including phenoxy) is 1. The summed E-state index contributed by atoms with van der Waals surface area (Å²) in [6.45, 7) is 6.62. The fourth-order valence-electron chi connectivity index (χ4n) is 6.96. The van der Waals surface area contributed by atoms with Gasteiger partial charge in [-0.1, -0.05) is 19.1 Å². The number of piperidine rings is 1. The first-order valence-electron chi connectivity index (χ1n) is 14.9. The smallest absolute Gasteiger partial charge is 0.328 e. The highest BCUT2D eigenvalue weighted by molar-refractivity contribution is 5.95. The van der Waals surface area contributed by atoms with Gasteiger partial charge in [-0.05, 0) is 113 Å². The van der Waals surface area contributed by atoms with E-state index >= 15 is 0 Å². The van der Waals surface area contributed by atoms with Gasteiger partial charge in [-0.15, -0.1) is 0 Å². The van der Waals surface area contributed by atoms with Crippen molar-refractivity contribution in [2.75, 3.05) is 13.1 Å². The summed E-state index contributed by atoms with van der Waals surface area (Å²) >= 11 is 0. The van der Waals surface area contributed by atoms with E-state index in [1.807, 2.05) is 6.92 Å². The Kier molecular flexibility index (Phi) is 8.50. The summed E-state index contributed by atoms with van der Waals surface area (Å²) in [7, 11) is 0. The predicted molar refractivity (Wildman–Crippen MR) is 154 cm³/mol. The number of likely N-dealkylation sites (tertiary alicyclic amines) is 1. The Morgan fingerprint density at radius 3 is 2.22 bits per heavy atom. The van der Waals surface area contributed by atoms with E-state index in [9.17, 15) is 23.5 Å². The van der Waals surface area contributed by atoms with Crippen LogP contribution >= 0.6 is 0 Å². The maximum absolute atomic E-state index is 14.5. The van der Waals surface area contributed by atoms with Crippen LogP contribution in [0.3, 0.4) is 0 Å². The molecule has 41 heavy (non-hydrogen) atoms. The number of carbonyl (C=O) groups is 2. The number of aromatic nitrogens is 1. The molecule has 1 N–H and O–H groups in total. The normalized spacial score (nSPS) is 21.0. The van der Waals surface area contributed by atoms with E-state index in [0.717, 1.165) is 48.7 Å². The molecule has 1 saturated heterocycles. The molecule has 0 radical (unpaired) electrons. The number of hydrogen-bond donors (Lipinski definition) is 1. The van der Waals surface area contributed by atoms with Crippen LogP contribution < -0.4 is 0 Å². The van der Waals surface area contributed by atoms with Crippen LogP contribution in [-0.2, 0) is 27.8 Å². The van der Waals surface area contributed by atoms with Gasteiger partial charge < -0.3 is 14.7 Å². The minimum atomic E-state index is -1.19. The highest BCUT2D eigenvalue weighted by atomic mass is 19.1. The van der Waals surface area contributed by atoms with Gasteiger partial charge in [0.2, 0.25) is 0 Å². The fourth-order valence-corrected chi connectivity index (χ4v) is 6.96. The number of aliphatic carboxylic acids is 1. The average Bonchev–Trinajstić information content (AvgIpc) is 3.25. The van der Waals surface area contributed by atoms with E-state index in [0.29, 0.717) is 29.5 Å². The Hall–Kier alpha value is -3.26. The molecule has 0 spiro atoms. The maximum atomic E-state index is 14.5. The molecule has 220 valence electrons. The van der Waals surface area contributed by atoms with Gasteiger partial charge in [0, 0.05) is 24.2 Å². The maximum Gasteiger partial charge on any atom is 0.328 e. The standard InChI is InChI=1S/C33H40F2N2O4/c1-4-29-28(19-22-5-12-26(13-6-22)41-21(2)3)27-14-11-25(35)20-30(27)37(29)32(40)36-17-15-33(16-18-36,31(38)39)23-7-9-24(34)10-8-23/h7-11,14,20-22,26H,4-6,12-13,15-19H2,1-3H3,(H,38,39). The van der Waals surface area contributed by atoms with Gasteiger partial charge in [-0.3, -0.25) is 9.36 Å².